The lowest BCUT2D eigenvalue weighted by atomic mass is 10.0. The number of nitrogens with one attached hydrogen (secondary N) is 1. The van der Waals surface area contributed by atoms with Gasteiger partial charge in [-0.2, -0.15) is 0 Å². The van der Waals surface area contributed by atoms with Crippen molar-refractivity contribution >= 4 is 11.5 Å². The molecule has 19 heavy (non-hydrogen) atoms. The Labute approximate surface area is 114 Å². The number of pyridine rings is 1. The molecule has 0 radical (unpaired) electrons. The summed E-state index contributed by atoms with van der Waals surface area (Å²) in [6.07, 6.45) is 4.04. The summed E-state index contributed by atoms with van der Waals surface area (Å²) in [6.45, 7) is 7.72. The molecule has 4 nitrogen and oxygen atoms in total. The first-order chi connectivity index (χ1) is 9.19. The Morgan fingerprint density at radius 2 is 2.47 bits per heavy atom. The largest absolute Gasteiger partial charge is 0.384 e. The Hall–Kier alpha value is -2.15. The number of nitrogens with zero attached hydrogens (tertiary/aromatic N) is 2. The van der Waals surface area contributed by atoms with Crippen molar-refractivity contribution in [3.63, 3.8) is 0 Å². The van der Waals surface area contributed by atoms with E-state index in [2.05, 4.69) is 33.6 Å². The van der Waals surface area contributed by atoms with E-state index in [1.165, 1.54) is 0 Å². The van der Waals surface area contributed by atoms with Gasteiger partial charge in [0.05, 0.1) is 5.70 Å². The van der Waals surface area contributed by atoms with Crippen LogP contribution in [-0.2, 0) is 0 Å². The highest BCUT2D eigenvalue weighted by atomic mass is 15.2. The van der Waals surface area contributed by atoms with Crippen molar-refractivity contribution in [2.24, 2.45) is 0 Å². The second kappa shape index (κ2) is 6.14. The van der Waals surface area contributed by atoms with Crippen molar-refractivity contribution in [3.05, 3.63) is 30.6 Å². The molecule has 1 unspecified atom stereocenters. The number of aromatic nitrogens is 1. The van der Waals surface area contributed by atoms with Crippen molar-refractivity contribution in [2.45, 2.75) is 25.8 Å². The van der Waals surface area contributed by atoms with E-state index in [-0.39, 0.29) is 0 Å². The van der Waals surface area contributed by atoms with Crippen molar-refractivity contribution in [2.75, 3.05) is 23.7 Å². The van der Waals surface area contributed by atoms with Crippen LogP contribution < -0.4 is 16.0 Å². The SMILES string of the molecule is C=C(C#CC)NC1CCCN(c2ccnc(N)c2)C1. The summed E-state index contributed by atoms with van der Waals surface area (Å²) in [5, 5.41) is 3.38. The molecule has 0 spiro atoms. The number of allylic oxidation sites excluding steroid dienone is 1. The van der Waals surface area contributed by atoms with Gasteiger partial charge < -0.3 is 16.0 Å². The Balaban J connectivity index is 2.00. The summed E-state index contributed by atoms with van der Waals surface area (Å²) in [7, 11) is 0. The van der Waals surface area contributed by atoms with Crippen LogP contribution in [0.4, 0.5) is 11.5 Å². The van der Waals surface area contributed by atoms with E-state index in [1.54, 1.807) is 6.20 Å². The van der Waals surface area contributed by atoms with Gasteiger partial charge in [-0.3, -0.25) is 0 Å². The summed E-state index contributed by atoms with van der Waals surface area (Å²) in [5.41, 5.74) is 7.66. The maximum absolute atomic E-state index is 5.73. The van der Waals surface area contributed by atoms with Crippen LogP contribution in [-0.4, -0.2) is 24.1 Å². The molecule has 100 valence electrons. The first-order valence-electron chi connectivity index (χ1n) is 6.53. The third-order valence-electron chi connectivity index (χ3n) is 3.21. The van der Waals surface area contributed by atoms with E-state index in [0.717, 1.165) is 37.3 Å². The number of anilines is 2. The van der Waals surface area contributed by atoms with Gasteiger partial charge in [0.2, 0.25) is 0 Å². The maximum atomic E-state index is 5.73. The smallest absolute Gasteiger partial charge is 0.125 e. The molecule has 0 aliphatic carbocycles. The van der Waals surface area contributed by atoms with Gasteiger partial charge in [0.15, 0.2) is 0 Å². The standard InChI is InChI=1S/C15H20N4/c1-3-5-12(2)18-13-6-4-9-19(11-13)14-7-8-17-15(16)10-14/h7-8,10,13,18H,2,4,6,9,11H2,1H3,(H2,16,17). The van der Waals surface area contributed by atoms with Crippen molar-refractivity contribution in [1.29, 1.82) is 0 Å². The normalized spacial score (nSPS) is 18.4. The van der Waals surface area contributed by atoms with Crippen LogP contribution in [0.2, 0.25) is 0 Å². The average Bonchev–Trinajstić information content (AvgIpc) is 2.39. The molecule has 0 amide bonds. The number of nitrogen functional groups attached to an aromatic ring is 1. The molecule has 0 bridgehead atoms. The van der Waals surface area contributed by atoms with Crippen LogP contribution in [0.3, 0.4) is 0 Å². The molecular formula is C15H20N4. The first kappa shape index (κ1) is 13.3. The molecular weight excluding hydrogens is 236 g/mol. The van der Waals surface area contributed by atoms with E-state index in [0.29, 0.717) is 11.9 Å². The minimum atomic E-state index is 0.386. The van der Waals surface area contributed by atoms with Gasteiger partial charge in [-0.25, -0.2) is 4.98 Å². The quantitative estimate of drug-likeness (QED) is 0.809. The minimum absolute atomic E-state index is 0.386. The third kappa shape index (κ3) is 3.65. The summed E-state index contributed by atoms with van der Waals surface area (Å²) >= 11 is 0. The number of nitrogens with two attached hydrogens (primary N) is 1. The lowest BCUT2D eigenvalue weighted by Gasteiger charge is -2.35. The Morgan fingerprint density at radius 1 is 1.63 bits per heavy atom. The first-order valence-corrected chi connectivity index (χ1v) is 6.53. The molecule has 4 heteroatoms. The zero-order valence-electron chi connectivity index (χ0n) is 11.3. The van der Waals surface area contributed by atoms with E-state index in [4.69, 9.17) is 5.73 Å². The molecule has 1 aromatic rings. The zero-order valence-corrected chi connectivity index (χ0v) is 11.3. The fraction of sp³-hybridized carbons (Fsp3) is 0.400. The molecule has 1 atom stereocenters. The van der Waals surface area contributed by atoms with E-state index in [9.17, 15) is 0 Å². The molecule has 1 aromatic heterocycles. The van der Waals surface area contributed by atoms with E-state index < -0.39 is 0 Å². The molecule has 1 aliphatic heterocycles. The lowest BCUT2D eigenvalue weighted by molar-refractivity contribution is 0.457. The van der Waals surface area contributed by atoms with Crippen LogP contribution >= 0.6 is 0 Å². The fourth-order valence-corrected chi connectivity index (χ4v) is 2.40. The van der Waals surface area contributed by atoms with Gasteiger partial charge in [-0.1, -0.05) is 18.4 Å². The average molecular weight is 256 g/mol. The molecule has 3 N–H and O–H groups in total. The van der Waals surface area contributed by atoms with Crippen LogP contribution in [0.25, 0.3) is 0 Å². The van der Waals surface area contributed by atoms with Gasteiger partial charge in [-0.15, -0.1) is 0 Å². The number of piperidine rings is 1. The van der Waals surface area contributed by atoms with Gasteiger partial charge in [0, 0.05) is 37.1 Å². The molecule has 1 saturated heterocycles. The van der Waals surface area contributed by atoms with E-state index in [1.807, 2.05) is 19.1 Å². The monoisotopic (exact) mass is 256 g/mol. The fourth-order valence-electron chi connectivity index (χ4n) is 2.40. The Morgan fingerprint density at radius 3 is 3.21 bits per heavy atom. The molecule has 0 aromatic carbocycles. The molecule has 0 saturated carbocycles. The topological polar surface area (TPSA) is 54.2 Å². The Kier molecular flexibility index (Phi) is 4.30. The van der Waals surface area contributed by atoms with Gasteiger partial charge >= 0.3 is 0 Å². The minimum Gasteiger partial charge on any atom is -0.384 e. The molecule has 2 heterocycles. The molecule has 2 rings (SSSR count). The van der Waals surface area contributed by atoms with Gasteiger partial charge in [-0.05, 0) is 25.8 Å². The highest BCUT2D eigenvalue weighted by molar-refractivity contribution is 5.52. The summed E-state index contributed by atoms with van der Waals surface area (Å²) < 4.78 is 0. The van der Waals surface area contributed by atoms with Gasteiger partial charge in [0.25, 0.3) is 0 Å². The maximum Gasteiger partial charge on any atom is 0.125 e. The van der Waals surface area contributed by atoms with Crippen LogP contribution in [0, 0.1) is 11.8 Å². The number of rotatable bonds is 3. The van der Waals surface area contributed by atoms with Gasteiger partial charge in [0.1, 0.15) is 5.82 Å². The highest BCUT2D eigenvalue weighted by Gasteiger charge is 2.20. The van der Waals surface area contributed by atoms with Crippen molar-refractivity contribution in [3.8, 4) is 11.8 Å². The summed E-state index contributed by atoms with van der Waals surface area (Å²) in [6, 6.07) is 4.30. The van der Waals surface area contributed by atoms with Crippen molar-refractivity contribution in [1.82, 2.24) is 10.3 Å². The van der Waals surface area contributed by atoms with Crippen molar-refractivity contribution < 1.29 is 0 Å². The lowest BCUT2D eigenvalue weighted by Crippen LogP contribution is -2.45. The van der Waals surface area contributed by atoms with Crippen LogP contribution in [0.1, 0.15) is 19.8 Å². The third-order valence-corrected chi connectivity index (χ3v) is 3.21. The molecule has 1 aliphatic rings. The second-order valence-electron chi connectivity index (χ2n) is 4.72. The highest BCUT2D eigenvalue weighted by Crippen LogP contribution is 2.21. The van der Waals surface area contributed by atoms with Crippen LogP contribution in [0.5, 0.6) is 0 Å². The summed E-state index contributed by atoms with van der Waals surface area (Å²) in [4.78, 5) is 6.35. The second-order valence-corrected chi connectivity index (χ2v) is 4.72. The zero-order chi connectivity index (χ0) is 13.7. The van der Waals surface area contributed by atoms with Crippen LogP contribution in [0.15, 0.2) is 30.6 Å². The predicted molar refractivity (Wildman–Crippen MR) is 79.6 cm³/mol. The molecule has 1 fully saturated rings. The summed E-state index contributed by atoms with van der Waals surface area (Å²) in [5.74, 6) is 6.37. The predicted octanol–water partition coefficient (Wildman–Crippen LogP) is 1.76. The number of hydrogen-bond acceptors (Lipinski definition) is 4. The number of hydrogen-bond donors (Lipinski definition) is 2. The van der Waals surface area contributed by atoms with E-state index >= 15 is 0 Å². The Bertz CT molecular complexity index is 512.